The predicted octanol–water partition coefficient (Wildman–Crippen LogP) is 4.71. The summed E-state index contributed by atoms with van der Waals surface area (Å²) in [6.07, 6.45) is 0. The number of anilines is 1. The van der Waals surface area contributed by atoms with Gasteiger partial charge in [-0.15, -0.1) is 11.3 Å². The van der Waals surface area contributed by atoms with Crippen LogP contribution in [0.2, 0.25) is 4.34 Å². The van der Waals surface area contributed by atoms with Gasteiger partial charge in [-0.3, -0.25) is 14.4 Å². The molecule has 0 unspecified atom stereocenters. The van der Waals surface area contributed by atoms with Crippen molar-refractivity contribution in [1.29, 1.82) is 0 Å². The molecule has 0 radical (unpaired) electrons. The first-order valence-electron chi connectivity index (χ1n) is 7.97. The molecule has 0 spiro atoms. The molecule has 0 aliphatic heterocycles. The number of nitrogens with zero attached hydrogens (tertiary/aromatic N) is 2. The van der Waals surface area contributed by atoms with Crippen LogP contribution in [0.25, 0.3) is 0 Å². The number of methoxy groups -OCH3 is 1. The Hall–Kier alpha value is -2.62. The lowest BCUT2D eigenvalue weighted by Gasteiger charge is -2.24. The molecule has 3 aromatic rings. The van der Waals surface area contributed by atoms with Gasteiger partial charge in [-0.2, -0.15) is 0 Å². The summed E-state index contributed by atoms with van der Waals surface area (Å²) in [5.74, 6) is 0.579. The van der Waals surface area contributed by atoms with E-state index in [-0.39, 0.29) is 15.1 Å². The molecule has 10 heteroatoms. The normalized spacial score (nSPS) is 11.2. The van der Waals surface area contributed by atoms with Crippen molar-refractivity contribution in [3.05, 3.63) is 80.7 Å². The summed E-state index contributed by atoms with van der Waals surface area (Å²) in [7, 11) is -2.57. The number of rotatable bonds is 7. The van der Waals surface area contributed by atoms with Crippen LogP contribution in [0.15, 0.2) is 64.9 Å². The first-order valence-corrected chi connectivity index (χ1v) is 10.6. The van der Waals surface area contributed by atoms with E-state index in [1.807, 2.05) is 6.07 Å². The quantitative estimate of drug-likeness (QED) is 0.393. The summed E-state index contributed by atoms with van der Waals surface area (Å²) in [6, 6.07) is 16.6. The number of thiophene rings is 1. The van der Waals surface area contributed by atoms with Crippen molar-refractivity contribution in [2.24, 2.45) is 0 Å². The maximum atomic E-state index is 13.3. The van der Waals surface area contributed by atoms with E-state index in [1.54, 1.807) is 48.5 Å². The second-order valence-electron chi connectivity index (χ2n) is 5.68. The molecule has 2 aromatic carbocycles. The zero-order valence-electron chi connectivity index (χ0n) is 14.6. The van der Waals surface area contributed by atoms with Gasteiger partial charge in [-0.25, -0.2) is 8.42 Å². The fraction of sp³-hybridized carbons (Fsp3) is 0.111. The Bertz CT molecular complexity index is 1080. The number of hydrogen-bond donors (Lipinski definition) is 0. The van der Waals surface area contributed by atoms with Crippen LogP contribution in [-0.4, -0.2) is 20.5 Å². The van der Waals surface area contributed by atoms with Crippen molar-refractivity contribution in [1.82, 2.24) is 0 Å². The summed E-state index contributed by atoms with van der Waals surface area (Å²) in [4.78, 5) is 10.4. The van der Waals surface area contributed by atoms with Crippen LogP contribution in [0.1, 0.15) is 5.56 Å². The van der Waals surface area contributed by atoms with Crippen molar-refractivity contribution in [3.8, 4) is 5.75 Å². The van der Waals surface area contributed by atoms with Crippen LogP contribution in [0.3, 0.4) is 0 Å². The molecular formula is C18H15ClN2O5S2. The third-order valence-corrected chi connectivity index (χ3v) is 7.48. The lowest BCUT2D eigenvalue weighted by atomic mass is 10.2. The molecule has 0 aliphatic carbocycles. The lowest BCUT2D eigenvalue weighted by Crippen LogP contribution is -2.30. The average molecular weight is 439 g/mol. The fourth-order valence-corrected chi connectivity index (χ4v) is 5.74. The van der Waals surface area contributed by atoms with Gasteiger partial charge in [-0.1, -0.05) is 41.9 Å². The van der Waals surface area contributed by atoms with Crippen LogP contribution in [-0.2, 0) is 16.6 Å². The fourth-order valence-electron chi connectivity index (χ4n) is 2.51. The highest BCUT2D eigenvalue weighted by Crippen LogP contribution is 2.39. The summed E-state index contributed by atoms with van der Waals surface area (Å²) >= 11 is 6.53. The molecule has 7 nitrogen and oxygen atoms in total. The number of sulfonamides is 1. The summed E-state index contributed by atoms with van der Waals surface area (Å²) < 4.78 is 32.5. The molecule has 0 atom stereocenters. The second kappa shape index (κ2) is 8.17. The van der Waals surface area contributed by atoms with E-state index in [1.165, 1.54) is 11.4 Å². The molecule has 0 aliphatic rings. The predicted molar refractivity (Wildman–Crippen MR) is 109 cm³/mol. The van der Waals surface area contributed by atoms with E-state index in [0.29, 0.717) is 22.8 Å². The number of nitro groups is 1. The van der Waals surface area contributed by atoms with Crippen LogP contribution in [0.5, 0.6) is 5.75 Å². The van der Waals surface area contributed by atoms with Gasteiger partial charge in [0.05, 0.1) is 24.3 Å². The standard InChI is InChI=1S/C18H15ClN2O5S2/c1-26-15-9-7-14(8-10-15)20(12-13-5-3-2-4-6-13)28(24,25)17-11-16(21(22)23)18(19)27-17/h2-11H,12H2,1H3. The first-order chi connectivity index (χ1) is 13.3. The van der Waals surface area contributed by atoms with Gasteiger partial charge >= 0.3 is 0 Å². The van der Waals surface area contributed by atoms with Gasteiger partial charge in [0, 0.05) is 6.07 Å². The lowest BCUT2D eigenvalue weighted by molar-refractivity contribution is -0.384. The molecule has 0 saturated carbocycles. The van der Waals surface area contributed by atoms with Crippen LogP contribution >= 0.6 is 22.9 Å². The molecule has 0 N–H and O–H groups in total. The van der Waals surface area contributed by atoms with Gasteiger partial charge in [0.2, 0.25) is 0 Å². The van der Waals surface area contributed by atoms with Crippen molar-refractivity contribution in [2.75, 3.05) is 11.4 Å². The van der Waals surface area contributed by atoms with Gasteiger partial charge < -0.3 is 4.74 Å². The molecule has 0 saturated heterocycles. The number of hydrogen-bond acceptors (Lipinski definition) is 6. The highest BCUT2D eigenvalue weighted by molar-refractivity contribution is 7.94. The molecule has 3 rings (SSSR count). The molecule has 28 heavy (non-hydrogen) atoms. The minimum atomic E-state index is -4.08. The Labute approximate surface area is 171 Å². The van der Waals surface area contributed by atoms with Crippen molar-refractivity contribution < 1.29 is 18.1 Å². The Morgan fingerprint density at radius 1 is 1.14 bits per heavy atom. The Kier molecular flexibility index (Phi) is 5.87. The average Bonchev–Trinajstić information content (AvgIpc) is 3.10. The number of ether oxygens (including phenoxy) is 1. The third-order valence-electron chi connectivity index (χ3n) is 3.92. The zero-order valence-corrected chi connectivity index (χ0v) is 17.0. The van der Waals surface area contributed by atoms with Crippen LogP contribution in [0.4, 0.5) is 11.4 Å². The molecule has 1 heterocycles. The van der Waals surface area contributed by atoms with Gasteiger partial charge in [0.15, 0.2) is 4.34 Å². The smallest absolute Gasteiger partial charge is 0.300 e. The van der Waals surface area contributed by atoms with Gasteiger partial charge in [-0.05, 0) is 29.8 Å². The summed E-state index contributed by atoms with van der Waals surface area (Å²) in [5.41, 5.74) is 0.732. The zero-order chi connectivity index (χ0) is 20.3. The monoisotopic (exact) mass is 438 g/mol. The maximum Gasteiger partial charge on any atom is 0.300 e. The maximum absolute atomic E-state index is 13.3. The van der Waals surface area contributed by atoms with E-state index in [0.717, 1.165) is 11.6 Å². The van der Waals surface area contributed by atoms with Crippen molar-refractivity contribution in [3.63, 3.8) is 0 Å². The van der Waals surface area contributed by atoms with E-state index in [4.69, 9.17) is 16.3 Å². The van der Waals surface area contributed by atoms with Crippen LogP contribution < -0.4 is 9.04 Å². The number of benzene rings is 2. The summed E-state index contributed by atoms with van der Waals surface area (Å²) in [6.45, 7) is 0.0544. The number of halogens is 1. The minimum absolute atomic E-state index is 0.0544. The van der Waals surface area contributed by atoms with Crippen LogP contribution in [0, 0.1) is 10.1 Å². The molecule has 0 bridgehead atoms. The van der Waals surface area contributed by atoms with E-state index in [9.17, 15) is 18.5 Å². The van der Waals surface area contributed by atoms with E-state index >= 15 is 0 Å². The minimum Gasteiger partial charge on any atom is -0.497 e. The Morgan fingerprint density at radius 3 is 2.32 bits per heavy atom. The van der Waals surface area contributed by atoms with E-state index < -0.39 is 20.6 Å². The SMILES string of the molecule is COc1ccc(N(Cc2ccccc2)S(=O)(=O)c2cc([N+](=O)[O-])c(Cl)s2)cc1. The van der Waals surface area contributed by atoms with Gasteiger partial charge in [0.1, 0.15) is 9.96 Å². The van der Waals surface area contributed by atoms with Crippen molar-refractivity contribution >= 4 is 44.3 Å². The van der Waals surface area contributed by atoms with Crippen molar-refractivity contribution in [2.45, 2.75) is 10.8 Å². The molecule has 146 valence electrons. The molecular weight excluding hydrogens is 424 g/mol. The topological polar surface area (TPSA) is 89.8 Å². The largest absolute Gasteiger partial charge is 0.497 e. The summed E-state index contributed by atoms with van der Waals surface area (Å²) in [5, 5.41) is 11.1. The molecule has 1 aromatic heterocycles. The Balaban J connectivity index is 2.08. The van der Waals surface area contributed by atoms with Gasteiger partial charge in [0.25, 0.3) is 15.7 Å². The molecule has 0 fully saturated rings. The highest BCUT2D eigenvalue weighted by atomic mass is 35.5. The molecule has 0 amide bonds. The second-order valence-corrected chi connectivity index (χ2v) is 9.42. The first kappa shape index (κ1) is 20.1. The highest BCUT2D eigenvalue weighted by Gasteiger charge is 2.31. The van der Waals surface area contributed by atoms with E-state index in [2.05, 4.69) is 0 Å². The third kappa shape index (κ3) is 4.11. The Morgan fingerprint density at radius 2 is 1.79 bits per heavy atom.